The highest BCUT2D eigenvalue weighted by Gasteiger charge is 2.22. The minimum atomic E-state index is -0.166. The van der Waals surface area contributed by atoms with Gasteiger partial charge in [0.1, 0.15) is 0 Å². The maximum atomic E-state index is 10.9. The molecule has 0 N–H and O–H groups in total. The molecule has 0 spiro atoms. The van der Waals surface area contributed by atoms with Crippen molar-refractivity contribution in [2.75, 3.05) is 6.61 Å². The van der Waals surface area contributed by atoms with E-state index in [0.29, 0.717) is 6.61 Å². The van der Waals surface area contributed by atoms with Crippen LogP contribution in [0.5, 0.6) is 0 Å². The third kappa shape index (κ3) is 1.40. The zero-order valence-electron chi connectivity index (χ0n) is 5.82. The van der Waals surface area contributed by atoms with E-state index >= 15 is 0 Å². The van der Waals surface area contributed by atoms with Gasteiger partial charge < -0.3 is 4.74 Å². The van der Waals surface area contributed by atoms with Crippen LogP contribution < -0.4 is 0 Å². The Kier molecular flexibility index (Phi) is 2.49. The molecule has 0 saturated heterocycles. The van der Waals surface area contributed by atoms with Gasteiger partial charge in [0.25, 0.3) is 0 Å². The Bertz CT molecular complexity index is 184. The van der Waals surface area contributed by atoms with Crippen LogP contribution in [0, 0.1) is 0 Å². The Hall–Kier alpha value is -0.310. The Balaban J connectivity index is 2.50. The molecule has 3 heteroatoms. The minimum Gasteiger partial charge on any atom is -0.463 e. The fraction of sp³-hybridized carbons (Fsp3) is 0.571. The van der Waals surface area contributed by atoms with Crippen LogP contribution in [-0.4, -0.2) is 12.6 Å². The molecule has 10 heavy (non-hydrogen) atoms. The maximum Gasteiger partial charge on any atom is 0.334 e. The Morgan fingerprint density at radius 1 is 1.70 bits per heavy atom. The molecule has 0 aromatic rings. The molecule has 1 aliphatic rings. The molecule has 0 radical (unpaired) electrons. The van der Waals surface area contributed by atoms with Crippen molar-refractivity contribution in [1.82, 2.24) is 0 Å². The number of halogens is 1. The zero-order chi connectivity index (χ0) is 7.56. The summed E-state index contributed by atoms with van der Waals surface area (Å²) in [5.41, 5.74) is 0.807. The predicted octanol–water partition coefficient (Wildman–Crippen LogP) is 1.99. The van der Waals surface area contributed by atoms with E-state index in [9.17, 15) is 4.79 Å². The number of carbonyl (C=O) groups excluding carboxylic acids is 1. The Morgan fingerprint density at radius 3 is 2.70 bits per heavy atom. The fourth-order valence-electron chi connectivity index (χ4n) is 0.776. The van der Waals surface area contributed by atoms with Crippen LogP contribution >= 0.6 is 15.9 Å². The van der Waals surface area contributed by atoms with Crippen LogP contribution in [0.4, 0.5) is 0 Å². The highest BCUT2D eigenvalue weighted by atomic mass is 79.9. The van der Waals surface area contributed by atoms with Crippen molar-refractivity contribution in [3.8, 4) is 0 Å². The zero-order valence-corrected chi connectivity index (χ0v) is 7.40. The summed E-state index contributed by atoms with van der Waals surface area (Å²) in [4.78, 5) is 10.9. The summed E-state index contributed by atoms with van der Waals surface area (Å²) < 4.78 is 5.79. The van der Waals surface area contributed by atoms with E-state index in [4.69, 9.17) is 4.74 Å². The number of esters is 1. The number of ether oxygens (including phenoxy) is 1. The van der Waals surface area contributed by atoms with Gasteiger partial charge in [0, 0.05) is 10.1 Å². The van der Waals surface area contributed by atoms with Crippen molar-refractivity contribution in [2.24, 2.45) is 0 Å². The van der Waals surface area contributed by atoms with Crippen LogP contribution in [0.2, 0.25) is 0 Å². The molecule has 2 nitrogen and oxygen atoms in total. The summed E-state index contributed by atoms with van der Waals surface area (Å²) in [5, 5.41) is 0. The van der Waals surface area contributed by atoms with Gasteiger partial charge in [-0.3, -0.25) is 0 Å². The molecule has 1 aliphatic carbocycles. The Labute approximate surface area is 68.4 Å². The largest absolute Gasteiger partial charge is 0.463 e. The van der Waals surface area contributed by atoms with E-state index < -0.39 is 0 Å². The SMILES string of the molecule is CCOC(=O)C1=C(Br)CC1. The van der Waals surface area contributed by atoms with E-state index in [1.165, 1.54) is 0 Å². The highest BCUT2D eigenvalue weighted by molar-refractivity contribution is 9.11. The quantitative estimate of drug-likeness (QED) is 0.644. The second-order valence-electron chi connectivity index (χ2n) is 2.10. The lowest BCUT2D eigenvalue weighted by Crippen LogP contribution is -2.14. The number of rotatable bonds is 2. The van der Waals surface area contributed by atoms with Crippen LogP contribution in [0.3, 0.4) is 0 Å². The van der Waals surface area contributed by atoms with Crippen LogP contribution in [-0.2, 0) is 9.53 Å². The summed E-state index contributed by atoms with van der Waals surface area (Å²) in [6.07, 6.45) is 1.84. The first kappa shape index (κ1) is 7.79. The number of hydrogen-bond donors (Lipinski definition) is 0. The second-order valence-corrected chi connectivity index (χ2v) is 3.06. The van der Waals surface area contributed by atoms with Crippen molar-refractivity contribution in [1.29, 1.82) is 0 Å². The van der Waals surface area contributed by atoms with Crippen molar-refractivity contribution in [3.63, 3.8) is 0 Å². The lowest BCUT2D eigenvalue weighted by atomic mass is 9.99. The van der Waals surface area contributed by atoms with E-state index in [2.05, 4.69) is 15.9 Å². The Morgan fingerprint density at radius 2 is 2.40 bits per heavy atom. The van der Waals surface area contributed by atoms with Gasteiger partial charge >= 0.3 is 5.97 Å². The molecule has 0 aliphatic heterocycles. The maximum absolute atomic E-state index is 10.9. The van der Waals surface area contributed by atoms with E-state index in [1.807, 2.05) is 6.92 Å². The average molecular weight is 205 g/mol. The normalized spacial score (nSPS) is 16.6. The molecule has 0 unspecified atom stereocenters. The fourth-order valence-corrected chi connectivity index (χ4v) is 1.33. The summed E-state index contributed by atoms with van der Waals surface area (Å²) in [7, 11) is 0. The molecular formula is C7H9BrO2. The van der Waals surface area contributed by atoms with Crippen LogP contribution in [0.25, 0.3) is 0 Å². The molecule has 0 aromatic carbocycles. The summed E-state index contributed by atoms with van der Waals surface area (Å²) >= 11 is 3.28. The molecule has 0 heterocycles. The molecule has 1 rings (SSSR count). The highest BCUT2D eigenvalue weighted by Crippen LogP contribution is 2.32. The lowest BCUT2D eigenvalue weighted by Gasteiger charge is -2.16. The van der Waals surface area contributed by atoms with Gasteiger partial charge in [-0.05, 0) is 19.8 Å². The van der Waals surface area contributed by atoms with E-state index in [0.717, 1.165) is 22.9 Å². The molecular weight excluding hydrogens is 196 g/mol. The summed E-state index contributed by atoms with van der Waals surface area (Å²) in [6.45, 7) is 2.27. The van der Waals surface area contributed by atoms with Gasteiger partial charge in [0.15, 0.2) is 0 Å². The first-order chi connectivity index (χ1) is 4.75. The van der Waals surface area contributed by atoms with Crippen molar-refractivity contribution in [2.45, 2.75) is 19.8 Å². The van der Waals surface area contributed by atoms with E-state index in [-0.39, 0.29) is 5.97 Å². The van der Waals surface area contributed by atoms with Crippen molar-refractivity contribution < 1.29 is 9.53 Å². The number of carbonyl (C=O) groups is 1. The van der Waals surface area contributed by atoms with Crippen molar-refractivity contribution in [3.05, 3.63) is 10.1 Å². The summed E-state index contributed by atoms with van der Waals surface area (Å²) in [5.74, 6) is -0.166. The third-order valence-corrected chi connectivity index (χ3v) is 2.32. The van der Waals surface area contributed by atoms with E-state index in [1.54, 1.807) is 0 Å². The van der Waals surface area contributed by atoms with Gasteiger partial charge in [-0.2, -0.15) is 0 Å². The van der Waals surface area contributed by atoms with Gasteiger partial charge in [0.2, 0.25) is 0 Å². The first-order valence-corrected chi connectivity index (χ1v) is 4.09. The predicted molar refractivity (Wildman–Crippen MR) is 41.8 cm³/mol. The molecule has 0 aromatic heterocycles. The molecule has 0 saturated carbocycles. The molecule has 0 atom stereocenters. The second kappa shape index (κ2) is 3.19. The topological polar surface area (TPSA) is 26.3 Å². The minimum absolute atomic E-state index is 0.166. The van der Waals surface area contributed by atoms with Gasteiger partial charge in [0.05, 0.1) is 6.61 Å². The van der Waals surface area contributed by atoms with Gasteiger partial charge in [-0.15, -0.1) is 0 Å². The number of hydrogen-bond acceptors (Lipinski definition) is 2. The first-order valence-electron chi connectivity index (χ1n) is 3.30. The molecule has 0 amide bonds. The standard InChI is InChI=1S/C7H9BrO2/c1-2-10-7(9)5-3-4-6(5)8/h2-4H2,1H3. The average Bonchev–Trinajstić information content (AvgIpc) is 1.85. The molecule has 0 bridgehead atoms. The molecule has 56 valence electrons. The van der Waals surface area contributed by atoms with Gasteiger partial charge in [-0.1, -0.05) is 15.9 Å². The monoisotopic (exact) mass is 204 g/mol. The van der Waals surface area contributed by atoms with Crippen molar-refractivity contribution >= 4 is 21.9 Å². The summed E-state index contributed by atoms with van der Waals surface area (Å²) in [6, 6.07) is 0. The number of allylic oxidation sites excluding steroid dienone is 1. The third-order valence-electron chi connectivity index (χ3n) is 1.44. The van der Waals surface area contributed by atoms with Gasteiger partial charge in [-0.25, -0.2) is 4.79 Å². The van der Waals surface area contributed by atoms with Crippen LogP contribution in [0.15, 0.2) is 10.1 Å². The lowest BCUT2D eigenvalue weighted by molar-refractivity contribution is -0.139. The van der Waals surface area contributed by atoms with Crippen LogP contribution in [0.1, 0.15) is 19.8 Å². The molecule has 0 fully saturated rings. The smallest absolute Gasteiger partial charge is 0.334 e.